The average Bonchev–Trinajstić information content (AvgIpc) is 2.47. The maximum atomic E-state index is 12.2. The molecule has 0 saturated carbocycles. The van der Waals surface area contributed by atoms with Gasteiger partial charge in [0.2, 0.25) is 5.91 Å². The van der Waals surface area contributed by atoms with Crippen molar-refractivity contribution in [2.75, 3.05) is 6.54 Å². The summed E-state index contributed by atoms with van der Waals surface area (Å²) in [6.07, 6.45) is 6.27. The van der Waals surface area contributed by atoms with E-state index in [1.54, 1.807) is 18.3 Å². The first-order valence-electron chi connectivity index (χ1n) is 7.28. The molecule has 0 spiro atoms. The molecule has 0 radical (unpaired) electrons. The molecule has 1 heterocycles. The van der Waals surface area contributed by atoms with E-state index in [-0.39, 0.29) is 5.91 Å². The highest BCUT2D eigenvalue weighted by molar-refractivity contribution is 5.85. The van der Waals surface area contributed by atoms with Crippen molar-refractivity contribution in [2.45, 2.75) is 45.1 Å². The van der Waals surface area contributed by atoms with E-state index < -0.39 is 12.0 Å². The second-order valence-electron chi connectivity index (χ2n) is 4.76. The zero-order chi connectivity index (χ0) is 15.5. The number of unbranched alkanes of at least 4 members (excludes halogenated alkanes) is 1. The van der Waals surface area contributed by atoms with Gasteiger partial charge in [0.15, 0.2) is 0 Å². The van der Waals surface area contributed by atoms with Gasteiger partial charge in [0, 0.05) is 12.6 Å². The number of hydrogen-bond acceptors (Lipinski definition) is 5. The van der Waals surface area contributed by atoms with Gasteiger partial charge in [0.05, 0.1) is 6.20 Å². The van der Waals surface area contributed by atoms with Gasteiger partial charge in [-0.15, -0.1) is 0 Å². The molecule has 0 aliphatic rings. The quantitative estimate of drug-likeness (QED) is 0.530. The van der Waals surface area contributed by atoms with Crippen LogP contribution in [0.25, 0.3) is 0 Å². The largest absolute Gasteiger partial charge is 0.423 e. The number of ether oxygens (including phenoxy) is 1. The number of carbonyl (C=O) groups excluding carboxylic acids is 2. The lowest BCUT2D eigenvalue weighted by Crippen LogP contribution is -2.43. The molecule has 21 heavy (non-hydrogen) atoms. The number of nitrogens with two attached hydrogens (primary N) is 1. The van der Waals surface area contributed by atoms with Crippen LogP contribution in [0.15, 0.2) is 24.5 Å². The van der Waals surface area contributed by atoms with E-state index in [0.29, 0.717) is 25.1 Å². The summed E-state index contributed by atoms with van der Waals surface area (Å²) in [4.78, 5) is 27.7. The lowest BCUT2D eigenvalue weighted by molar-refractivity contribution is -0.139. The lowest BCUT2D eigenvalue weighted by Gasteiger charge is -2.17. The van der Waals surface area contributed by atoms with Crippen LogP contribution in [0, 0.1) is 0 Å². The smallest absolute Gasteiger partial charge is 0.334 e. The molecule has 1 rings (SSSR count). The van der Waals surface area contributed by atoms with Crippen molar-refractivity contribution in [3.8, 4) is 5.75 Å². The van der Waals surface area contributed by atoms with E-state index in [1.165, 1.54) is 6.20 Å². The van der Waals surface area contributed by atoms with Gasteiger partial charge in [0.25, 0.3) is 0 Å². The van der Waals surface area contributed by atoms with Crippen LogP contribution in [0.4, 0.5) is 0 Å². The Balaban J connectivity index is 2.60. The summed E-state index contributed by atoms with van der Waals surface area (Å²) in [6, 6.07) is 2.69. The third-order valence-corrected chi connectivity index (χ3v) is 2.90. The second kappa shape index (κ2) is 9.88. The summed E-state index contributed by atoms with van der Waals surface area (Å²) >= 11 is 0. The number of amides is 1. The molecule has 1 aromatic rings. The number of nitrogens with zero attached hydrogens (tertiary/aromatic N) is 1. The van der Waals surface area contributed by atoms with Gasteiger partial charge in [-0.3, -0.25) is 9.78 Å². The van der Waals surface area contributed by atoms with Crippen LogP contribution in [0.5, 0.6) is 5.75 Å². The SMILES string of the molecule is CCCC(=O)NC(CCCCN)C(=O)Oc1cccnc1. The van der Waals surface area contributed by atoms with E-state index in [1.807, 2.05) is 6.92 Å². The fraction of sp³-hybridized carbons (Fsp3) is 0.533. The predicted octanol–water partition coefficient (Wildman–Crippen LogP) is 1.40. The molecule has 1 atom stereocenters. The van der Waals surface area contributed by atoms with Gasteiger partial charge >= 0.3 is 5.97 Å². The molecular weight excluding hydrogens is 270 g/mol. The van der Waals surface area contributed by atoms with Crippen LogP contribution in [0.3, 0.4) is 0 Å². The van der Waals surface area contributed by atoms with Gasteiger partial charge < -0.3 is 15.8 Å². The summed E-state index contributed by atoms with van der Waals surface area (Å²) < 4.78 is 5.24. The first-order chi connectivity index (χ1) is 10.2. The first-order valence-corrected chi connectivity index (χ1v) is 7.28. The topological polar surface area (TPSA) is 94.3 Å². The molecule has 0 aliphatic heterocycles. The van der Waals surface area contributed by atoms with Gasteiger partial charge in [-0.05, 0) is 44.4 Å². The van der Waals surface area contributed by atoms with Crippen LogP contribution < -0.4 is 15.8 Å². The Morgan fingerprint density at radius 1 is 1.43 bits per heavy atom. The van der Waals surface area contributed by atoms with E-state index >= 15 is 0 Å². The Morgan fingerprint density at radius 2 is 2.24 bits per heavy atom. The third-order valence-electron chi connectivity index (χ3n) is 2.90. The number of carbonyl (C=O) groups is 2. The summed E-state index contributed by atoms with van der Waals surface area (Å²) in [7, 11) is 0. The van der Waals surface area contributed by atoms with Crippen molar-refractivity contribution in [3.63, 3.8) is 0 Å². The fourth-order valence-corrected chi connectivity index (χ4v) is 1.83. The maximum absolute atomic E-state index is 12.2. The normalized spacial score (nSPS) is 11.7. The lowest BCUT2D eigenvalue weighted by atomic mass is 10.1. The molecule has 6 heteroatoms. The highest BCUT2D eigenvalue weighted by atomic mass is 16.5. The zero-order valence-electron chi connectivity index (χ0n) is 12.4. The molecule has 0 fully saturated rings. The van der Waals surface area contributed by atoms with Gasteiger partial charge in [-0.2, -0.15) is 0 Å². The van der Waals surface area contributed by atoms with Crippen molar-refractivity contribution in [1.29, 1.82) is 0 Å². The van der Waals surface area contributed by atoms with E-state index in [0.717, 1.165) is 19.3 Å². The average molecular weight is 293 g/mol. The highest BCUT2D eigenvalue weighted by Crippen LogP contribution is 2.10. The van der Waals surface area contributed by atoms with E-state index in [9.17, 15) is 9.59 Å². The van der Waals surface area contributed by atoms with Gasteiger partial charge in [-0.25, -0.2) is 4.79 Å². The van der Waals surface area contributed by atoms with Crippen LogP contribution >= 0.6 is 0 Å². The van der Waals surface area contributed by atoms with Crippen LogP contribution in [0.1, 0.15) is 39.0 Å². The van der Waals surface area contributed by atoms with Crippen molar-refractivity contribution in [2.24, 2.45) is 5.73 Å². The molecule has 1 amide bonds. The molecule has 116 valence electrons. The first kappa shape index (κ1) is 17.1. The third kappa shape index (κ3) is 6.85. The van der Waals surface area contributed by atoms with Crippen LogP contribution in [0.2, 0.25) is 0 Å². The Morgan fingerprint density at radius 3 is 2.86 bits per heavy atom. The van der Waals surface area contributed by atoms with Crippen molar-refractivity contribution < 1.29 is 14.3 Å². The predicted molar refractivity (Wildman–Crippen MR) is 79.6 cm³/mol. The number of aromatic nitrogens is 1. The second-order valence-corrected chi connectivity index (χ2v) is 4.76. The zero-order valence-corrected chi connectivity index (χ0v) is 12.4. The summed E-state index contributed by atoms with van der Waals surface area (Å²) in [5, 5.41) is 2.72. The minimum atomic E-state index is -0.643. The monoisotopic (exact) mass is 293 g/mol. The van der Waals surface area contributed by atoms with E-state index in [2.05, 4.69) is 10.3 Å². The standard InChI is InChI=1S/C15H23N3O3/c1-2-6-14(19)18-13(8-3-4-9-16)15(20)21-12-7-5-10-17-11-12/h5,7,10-11,13H,2-4,6,8-9,16H2,1H3,(H,18,19). The van der Waals surface area contributed by atoms with Crippen molar-refractivity contribution in [1.82, 2.24) is 10.3 Å². The summed E-state index contributed by atoms with van der Waals surface area (Å²) in [6.45, 7) is 2.48. The molecule has 0 aromatic carbocycles. The minimum absolute atomic E-state index is 0.140. The van der Waals surface area contributed by atoms with Gasteiger partial charge in [0.1, 0.15) is 11.8 Å². The molecule has 1 unspecified atom stereocenters. The van der Waals surface area contributed by atoms with Crippen molar-refractivity contribution in [3.05, 3.63) is 24.5 Å². The maximum Gasteiger partial charge on any atom is 0.334 e. The summed E-state index contributed by atoms with van der Waals surface area (Å²) in [5.41, 5.74) is 5.45. The molecule has 3 N–H and O–H groups in total. The van der Waals surface area contributed by atoms with Gasteiger partial charge in [-0.1, -0.05) is 6.92 Å². The summed E-state index contributed by atoms with van der Waals surface area (Å²) in [5.74, 6) is -0.237. The van der Waals surface area contributed by atoms with Crippen LogP contribution in [-0.2, 0) is 9.59 Å². The molecule has 0 aliphatic carbocycles. The highest BCUT2D eigenvalue weighted by Gasteiger charge is 2.22. The molecule has 0 saturated heterocycles. The fourth-order valence-electron chi connectivity index (χ4n) is 1.83. The number of hydrogen-bond donors (Lipinski definition) is 2. The molecule has 6 nitrogen and oxygen atoms in total. The number of pyridine rings is 1. The number of nitrogens with one attached hydrogen (secondary N) is 1. The molecular formula is C15H23N3O3. The Labute approximate surface area is 125 Å². The minimum Gasteiger partial charge on any atom is -0.423 e. The molecule has 1 aromatic heterocycles. The number of esters is 1. The van der Waals surface area contributed by atoms with Crippen LogP contribution in [-0.4, -0.2) is 29.4 Å². The van der Waals surface area contributed by atoms with Crippen molar-refractivity contribution >= 4 is 11.9 Å². The Kier molecular flexibility index (Phi) is 8.04. The Bertz CT molecular complexity index is 437. The number of rotatable bonds is 9. The molecule has 0 bridgehead atoms. The van der Waals surface area contributed by atoms with E-state index in [4.69, 9.17) is 10.5 Å². The Hall–Kier alpha value is -1.95.